The van der Waals surface area contributed by atoms with E-state index >= 15 is 0 Å². The molecule has 0 unspecified atom stereocenters. The van der Waals surface area contributed by atoms with Crippen LogP contribution in [0.2, 0.25) is 0 Å². The average molecular weight is 524 g/mol. The molecule has 12 heteroatoms. The Morgan fingerprint density at radius 3 is 1.29 bits per heavy atom. The third kappa shape index (κ3) is 4.27. The minimum Gasteiger partial charge on any atom is -0.284 e. The van der Waals surface area contributed by atoms with Gasteiger partial charge in [-0.25, -0.2) is 9.97 Å². The number of carbonyl (C=O) groups excluding carboxylic acids is 2. The molecule has 1 aliphatic rings. The fourth-order valence-corrected chi connectivity index (χ4v) is 5.91. The predicted octanol–water partition coefficient (Wildman–Crippen LogP) is 6.99. The molecule has 0 aliphatic heterocycles. The van der Waals surface area contributed by atoms with E-state index < -0.39 is 35.0 Å². The molecule has 4 aromatic rings. The first kappa shape index (κ1) is 23.4. The summed E-state index contributed by atoms with van der Waals surface area (Å²) in [6.45, 7) is 0. The Labute approximate surface area is 200 Å². The van der Waals surface area contributed by atoms with Crippen LogP contribution >= 0.6 is 22.7 Å². The van der Waals surface area contributed by atoms with Crippen LogP contribution in [0.25, 0.3) is 30.9 Å². The van der Waals surface area contributed by atoms with Crippen molar-refractivity contribution in [1.82, 2.24) is 9.97 Å². The highest BCUT2D eigenvalue weighted by molar-refractivity contribution is 7.25. The molecule has 0 N–H and O–H groups in total. The fraction of sp³-hybridized carbons (Fsp3) is 0.130. The Morgan fingerprint density at radius 1 is 0.629 bits per heavy atom. The molecule has 0 amide bonds. The summed E-state index contributed by atoms with van der Waals surface area (Å²) in [5.74, 6) is -3.83. The van der Waals surface area contributed by atoms with Gasteiger partial charge in [-0.1, -0.05) is 48.5 Å². The van der Waals surface area contributed by atoms with Crippen LogP contribution in [0.3, 0.4) is 0 Å². The normalized spacial score (nSPS) is 13.0. The van der Waals surface area contributed by atoms with Crippen LogP contribution in [0.4, 0.5) is 26.3 Å². The highest BCUT2D eigenvalue weighted by atomic mass is 32.1. The van der Waals surface area contributed by atoms with Crippen LogP contribution in [-0.2, 0) is 6.42 Å². The monoisotopic (exact) mass is 524 g/mol. The van der Waals surface area contributed by atoms with Crippen molar-refractivity contribution in [2.45, 2.75) is 18.8 Å². The molecule has 0 saturated carbocycles. The molecule has 0 spiro atoms. The number of benzene rings is 2. The smallest absolute Gasteiger partial charge is 0.284 e. The van der Waals surface area contributed by atoms with Crippen molar-refractivity contribution in [3.8, 4) is 30.9 Å². The minimum atomic E-state index is -4.95. The van der Waals surface area contributed by atoms with Gasteiger partial charge in [-0.3, -0.25) is 9.59 Å². The number of alkyl halides is 6. The van der Waals surface area contributed by atoms with E-state index in [-0.39, 0.29) is 0 Å². The van der Waals surface area contributed by atoms with Gasteiger partial charge in [0.25, 0.3) is 11.6 Å². The first-order valence-electron chi connectivity index (χ1n) is 9.85. The first-order chi connectivity index (χ1) is 16.4. The van der Waals surface area contributed by atoms with Crippen molar-refractivity contribution in [2.24, 2.45) is 0 Å². The molecule has 2 aromatic carbocycles. The van der Waals surface area contributed by atoms with Crippen LogP contribution in [-0.4, -0.2) is 33.9 Å². The zero-order valence-electron chi connectivity index (χ0n) is 17.1. The number of carbonyl (C=O) groups is 2. The number of aromatic nitrogens is 2. The average Bonchev–Trinajstić information content (AvgIpc) is 3.48. The second kappa shape index (κ2) is 8.09. The van der Waals surface area contributed by atoms with Gasteiger partial charge in [-0.05, 0) is 0 Å². The first-order valence-corrected chi connectivity index (χ1v) is 11.5. The lowest BCUT2D eigenvalue weighted by Crippen LogP contribution is -2.22. The van der Waals surface area contributed by atoms with Gasteiger partial charge >= 0.3 is 12.4 Å². The van der Waals surface area contributed by atoms with Crippen LogP contribution in [0.1, 0.15) is 32.1 Å². The minimum absolute atomic E-state index is 0.437. The van der Waals surface area contributed by atoms with E-state index in [2.05, 4.69) is 9.97 Å². The lowest BCUT2D eigenvalue weighted by atomic mass is 10.1. The Hall–Kier alpha value is -3.38. The summed E-state index contributed by atoms with van der Waals surface area (Å²) in [5.41, 5.74) is 1.77. The highest BCUT2D eigenvalue weighted by Gasteiger charge is 2.40. The number of fused-ring (bicyclic) bond motifs is 3. The van der Waals surface area contributed by atoms with Crippen LogP contribution < -0.4 is 0 Å². The zero-order chi connectivity index (χ0) is 25.1. The van der Waals surface area contributed by atoms with Crippen molar-refractivity contribution < 1.29 is 35.9 Å². The standard InChI is InChI=1S/C23H10F6N2O2S2/c24-22(25,26)18(32)10-1-5-12(6-2-10)20-30-14-9-15-17(16(14)34-20)35-21(31-15)13-7-3-11(4-8-13)19(33)23(27,28)29/h1-8H,9H2. The van der Waals surface area contributed by atoms with E-state index in [4.69, 9.17) is 0 Å². The maximum Gasteiger partial charge on any atom is 0.454 e. The molecule has 178 valence electrons. The lowest BCUT2D eigenvalue weighted by Gasteiger charge is -2.05. The molecule has 5 rings (SSSR count). The molecular formula is C23H10F6N2O2S2. The summed E-state index contributed by atoms with van der Waals surface area (Å²) in [4.78, 5) is 33.6. The molecule has 0 radical (unpaired) electrons. The Kier molecular flexibility index (Phi) is 5.40. The number of nitrogens with zero attached hydrogens (tertiary/aromatic N) is 2. The number of Topliss-reactive ketones (excluding diaryl/α,β-unsaturated/α-hetero) is 2. The molecule has 1 aliphatic carbocycles. The van der Waals surface area contributed by atoms with Crippen molar-refractivity contribution >= 4 is 34.2 Å². The van der Waals surface area contributed by atoms with Crippen molar-refractivity contribution in [1.29, 1.82) is 0 Å². The maximum absolute atomic E-state index is 12.6. The van der Waals surface area contributed by atoms with Gasteiger partial charge in [0.1, 0.15) is 10.0 Å². The van der Waals surface area contributed by atoms with Crippen molar-refractivity contribution in [3.05, 3.63) is 71.0 Å². The summed E-state index contributed by atoms with van der Waals surface area (Å²) < 4.78 is 75.7. The number of thiazole rings is 2. The Morgan fingerprint density at radius 2 is 0.971 bits per heavy atom. The molecule has 35 heavy (non-hydrogen) atoms. The van der Waals surface area contributed by atoms with E-state index in [0.29, 0.717) is 27.6 Å². The van der Waals surface area contributed by atoms with E-state index in [1.807, 2.05) is 0 Å². The van der Waals surface area contributed by atoms with E-state index in [1.54, 1.807) is 0 Å². The SMILES string of the molecule is O=C(c1ccc(-c2nc3c(s2)-c2sc(-c4ccc(C(=O)C(F)(F)F)cc4)nc2C3)cc1)C(F)(F)F. The molecule has 2 aromatic heterocycles. The van der Waals surface area contributed by atoms with E-state index in [0.717, 1.165) is 45.4 Å². The molecule has 0 bridgehead atoms. The van der Waals surface area contributed by atoms with Gasteiger partial charge in [-0.2, -0.15) is 26.3 Å². The fourth-order valence-electron chi connectivity index (χ4n) is 3.56. The second-order valence-corrected chi connectivity index (χ2v) is 9.57. The number of hydrogen-bond acceptors (Lipinski definition) is 6. The topological polar surface area (TPSA) is 59.9 Å². The van der Waals surface area contributed by atoms with Gasteiger partial charge in [0, 0.05) is 28.7 Å². The van der Waals surface area contributed by atoms with Crippen LogP contribution in [0.15, 0.2) is 48.5 Å². The van der Waals surface area contributed by atoms with E-state index in [9.17, 15) is 35.9 Å². The van der Waals surface area contributed by atoms with Gasteiger partial charge in [0.2, 0.25) is 0 Å². The number of halogens is 6. The summed E-state index contributed by atoms with van der Waals surface area (Å²) in [5, 5.41) is 1.16. The zero-order valence-corrected chi connectivity index (χ0v) is 18.8. The third-order valence-electron chi connectivity index (χ3n) is 5.24. The van der Waals surface area contributed by atoms with Gasteiger partial charge in [0.05, 0.1) is 21.1 Å². The number of ketones is 2. The summed E-state index contributed by atoms with van der Waals surface area (Å²) in [6, 6.07) is 10.1. The summed E-state index contributed by atoms with van der Waals surface area (Å²) >= 11 is 2.68. The Balaban J connectivity index is 1.39. The molecular weight excluding hydrogens is 514 g/mol. The number of hydrogen-bond donors (Lipinski definition) is 0. The summed E-state index contributed by atoms with van der Waals surface area (Å²) in [7, 11) is 0. The van der Waals surface area contributed by atoms with Crippen molar-refractivity contribution in [3.63, 3.8) is 0 Å². The summed E-state index contributed by atoms with van der Waals surface area (Å²) in [6.07, 6.45) is -9.45. The molecule has 0 fully saturated rings. The molecule has 0 saturated heterocycles. The van der Waals surface area contributed by atoms with Crippen molar-refractivity contribution in [2.75, 3.05) is 0 Å². The van der Waals surface area contributed by atoms with E-state index in [1.165, 1.54) is 46.9 Å². The van der Waals surface area contributed by atoms with Crippen LogP contribution in [0.5, 0.6) is 0 Å². The van der Waals surface area contributed by atoms with Gasteiger partial charge < -0.3 is 0 Å². The number of rotatable bonds is 4. The Bertz CT molecular complexity index is 1350. The second-order valence-electron chi connectivity index (χ2n) is 7.57. The third-order valence-corrected chi connectivity index (χ3v) is 7.70. The maximum atomic E-state index is 12.6. The molecule has 2 heterocycles. The largest absolute Gasteiger partial charge is 0.454 e. The van der Waals surface area contributed by atoms with Gasteiger partial charge in [-0.15, -0.1) is 22.7 Å². The predicted molar refractivity (Wildman–Crippen MR) is 118 cm³/mol. The molecule has 0 atom stereocenters. The lowest BCUT2D eigenvalue weighted by molar-refractivity contribution is -0.0888. The van der Waals surface area contributed by atoms with Gasteiger partial charge in [0.15, 0.2) is 0 Å². The highest BCUT2D eigenvalue weighted by Crippen LogP contribution is 2.47. The van der Waals surface area contributed by atoms with Crippen LogP contribution in [0, 0.1) is 0 Å². The quantitative estimate of drug-likeness (QED) is 0.188. The molecule has 4 nitrogen and oxygen atoms in total.